The number of nitrogens with one attached hydrogen (secondary N) is 2. The Morgan fingerprint density at radius 3 is 2.92 bits per heavy atom. The molecule has 2 unspecified atom stereocenters. The molecular weight excluding hydrogens is 365 g/mol. The van der Waals surface area contributed by atoms with Crippen LogP contribution in [0.4, 0.5) is 4.39 Å². The predicted molar refractivity (Wildman–Crippen MR) is 92.9 cm³/mol. The van der Waals surface area contributed by atoms with Crippen LogP contribution in [0.3, 0.4) is 0 Å². The zero-order chi connectivity index (χ0) is 18.7. The summed E-state index contributed by atoms with van der Waals surface area (Å²) >= 11 is 5.88. The number of carbonyl (C=O) groups is 1. The molecule has 3 rings (SSSR count). The number of aliphatic hydroxyl groups excluding tert-OH is 1. The van der Waals surface area contributed by atoms with Crippen molar-refractivity contribution in [3.05, 3.63) is 52.3 Å². The highest BCUT2D eigenvalue weighted by atomic mass is 35.5. The van der Waals surface area contributed by atoms with Crippen molar-refractivity contribution >= 4 is 23.4 Å². The molecule has 2 aliphatic rings. The number of aromatic hydroxyl groups is 1. The van der Waals surface area contributed by atoms with E-state index in [2.05, 4.69) is 15.8 Å². The molecule has 1 aliphatic carbocycles. The van der Waals surface area contributed by atoms with E-state index in [0.29, 0.717) is 29.0 Å². The van der Waals surface area contributed by atoms with Gasteiger partial charge in [0.25, 0.3) is 0 Å². The number of hydrazone groups is 1. The number of amides is 1. The van der Waals surface area contributed by atoms with E-state index in [1.807, 2.05) is 0 Å². The minimum atomic E-state index is -0.820. The molecule has 1 aromatic rings. The minimum Gasteiger partial charge on any atom is -0.505 e. The first kappa shape index (κ1) is 18.2. The van der Waals surface area contributed by atoms with Crippen molar-refractivity contribution in [3.8, 4) is 5.75 Å². The summed E-state index contributed by atoms with van der Waals surface area (Å²) in [7, 11) is 0. The van der Waals surface area contributed by atoms with Crippen LogP contribution < -0.4 is 10.7 Å². The number of hydrogen-bond donors (Lipinski definition) is 4. The summed E-state index contributed by atoms with van der Waals surface area (Å²) in [6.45, 7) is -0.389. The van der Waals surface area contributed by atoms with Crippen molar-refractivity contribution in [2.75, 3.05) is 6.61 Å². The Morgan fingerprint density at radius 1 is 1.46 bits per heavy atom. The fourth-order valence-electron chi connectivity index (χ4n) is 2.52. The lowest BCUT2D eigenvalue weighted by molar-refractivity contribution is -0.119. The van der Waals surface area contributed by atoms with Gasteiger partial charge in [0.2, 0.25) is 18.0 Å². The van der Waals surface area contributed by atoms with Gasteiger partial charge >= 0.3 is 0 Å². The lowest BCUT2D eigenvalue weighted by Gasteiger charge is -2.23. The van der Waals surface area contributed by atoms with Crippen LogP contribution in [0.25, 0.3) is 0 Å². The van der Waals surface area contributed by atoms with E-state index in [9.17, 15) is 19.4 Å². The fraction of sp³-hybridized carbons (Fsp3) is 0.294. The van der Waals surface area contributed by atoms with Gasteiger partial charge in [0.15, 0.2) is 11.6 Å². The lowest BCUT2D eigenvalue weighted by Crippen LogP contribution is -2.50. The molecule has 0 aromatic heterocycles. The van der Waals surface area contributed by atoms with E-state index in [1.165, 1.54) is 12.1 Å². The fourth-order valence-corrected chi connectivity index (χ4v) is 2.68. The van der Waals surface area contributed by atoms with E-state index in [1.54, 1.807) is 12.2 Å². The third-order valence-electron chi connectivity index (χ3n) is 4.00. The molecule has 1 aliphatic heterocycles. The number of allylic oxidation sites excluding steroid dienone is 3. The van der Waals surface area contributed by atoms with Gasteiger partial charge in [-0.2, -0.15) is 0 Å². The molecule has 1 aromatic carbocycles. The number of benzene rings is 1. The molecular formula is C17H17ClFN3O4. The number of phenolic OH excluding ortho intramolecular Hbond substituents is 1. The molecule has 0 spiro atoms. The standard InChI is InChI=1S/C17H17ClFN3O4/c18-11-4-1-9(2-5-11)15(25)20-13(8-23)17-22-21-16(26-17)10-3-6-14(24)12(19)7-10/h1,3-4,6-7,13,17,22-24H,2,5,8H2,(H,20,25). The zero-order valence-electron chi connectivity index (χ0n) is 13.6. The van der Waals surface area contributed by atoms with Gasteiger partial charge in [-0.05, 0) is 37.1 Å². The maximum atomic E-state index is 13.5. The van der Waals surface area contributed by atoms with Crippen LogP contribution in [0.15, 0.2) is 46.1 Å². The highest BCUT2D eigenvalue weighted by Crippen LogP contribution is 2.22. The van der Waals surface area contributed by atoms with Gasteiger partial charge in [0, 0.05) is 16.2 Å². The third kappa shape index (κ3) is 3.97. The molecule has 0 saturated carbocycles. The van der Waals surface area contributed by atoms with Crippen molar-refractivity contribution in [1.82, 2.24) is 10.7 Å². The Bertz CT molecular complexity index is 809. The number of phenols is 1. The van der Waals surface area contributed by atoms with E-state index >= 15 is 0 Å². The van der Waals surface area contributed by atoms with Gasteiger partial charge in [-0.25, -0.2) is 4.39 Å². The summed E-state index contributed by atoms with van der Waals surface area (Å²) in [4.78, 5) is 12.3. The summed E-state index contributed by atoms with van der Waals surface area (Å²) < 4.78 is 19.0. The number of halogens is 2. The van der Waals surface area contributed by atoms with E-state index in [0.717, 1.165) is 6.07 Å². The molecule has 0 radical (unpaired) electrons. The van der Waals surface area contributed by atoms with Crippen LogP contribution in [0.2, 0.25) is 0 Å². The summed E-state index contributed by atoms with van der Waals surface area (Å²) in [6.07, 6.45) is 3.58. The molecule has 26 heavy (non-hydrogen) atoms. The smallest absolute Gasteiger partial charge is 0.247 e. The lowest BCUT2D eigenvalue weighted by atomic mass is 10.0. The maximum Gasteiger partial charge on any atom is 0.247 e. The Morgan fingerprint density at radius 2 is 2.27 bits per heavy atom. The Kier molecular flexibility index (Phi) is 5.43. The monoisotopic (exact) mass is 381 g/mol. The van der Waals surface area contributed by atoms with Crippen LogP contribution in [0.5, 0.6) is 5.75 Å². The molecule has 2 atom stereocenters. The van der Waals surface area contributed by atoms with Crippen LogP contribution in [0.1, 0.15) is 18.4 Å². The molecule has 0 saturated heterocycles. The second kappa shape index (κ2) is 7.76. The van der Waals surface area contributed by atoms with Crippen molar-refractivity contribution in [3.63, 3.8) is 0 Å². The summed E-state index contributed by atoms with van der Waals surface area (Å²) in [6, 6.07) is 2.93. The molecule has 0 bridgehead atoms. The molecule has 9 heteroatoms. The second-order valence-electron chi connectivity index (χ2n) is 5.82. The normalized spacial score (nSPS) is 20.3. The molecule has 138 valence electrons. The van der Waals surface area contributed by atoms with Gasteiger partial charge in [-0.3, -0.25) is 10.2 Å². The van der Waals surface area contributed by atoms with Gasteiger partial charge in [-0.1, -0.05) is 17.7 Å². The molecule has 1 amide bonds. The number of rotatable bonds is 5. The summed E-state index contributed by atoms with van der Waals surface area (Å²) in [5.74, 6) is -1.53. The topological polar surface area (TPSA) is 103 Å². The Labute approximate surface area is 153 Å². The Hall–Kier alpha value is -2.58. The number of aliphatic hydroxyl groups is 1. The highest BCUT2D eigenvalue weighted by molar-refractivity contribution is 6.29. The van der Waals surface area contributed by atoms with Gasteiger partial charge in [0.1, 0.15) is 6.04 Å². The average molecular weight is 382 g/mol. The Balaban J connectivity index is 1.63. The first-order valence-electron chi connectivity index (χ1n) is 7.93. The van der Waals surface area contributed by atoms with Crippen LogP contribution in [-0.2, 0) is 9.53 Å². The number of nitrogens with zero attached hydrogens (tertiary/aromatic N) is 1. The molecule has 1 heterocycles. The van der Waals surface area contributed by atoms with Crippen molar-refractivity contribution < 1.29 is 24.1 Å². The van der Waals surface area contributed by atoms with Crippen molar-refractivity contribution in [2.45, 2.75) is 25.1 Å². The van der Waals surface area contributed by atoms with Gasteiger partial charge in [-0.15, -0.1) is 5.10 Å². The second-order valence-corrected chi connectivity index (χ2v) is 6.30. The van der Waals surface area contributed by atoms with E-state index in [-0.39, 0.29) is 18.4 Å². The minimum absolute atomic E-state index is 0.0909. The van der Waals surface area contributed by atoms with Crippen LogP contribution in [-0.4, -0.2) is 40.9 Å². The summed E-state index contributed by atoms with van der Waals surface area (Å²) in [5, 5.41) is 26.1. The van der Waals surface area contributed by atoms with Crippen molar-refractivity contribution in [2.24, 2.45) is 5.10 Å². The first-order chi connectivity index (χ1) is 12.5. The molecule has 4 N–H and O–H groups in total. The number of hydrogen-bond acceptors (Lipinski definition) is 6. The third-order valence-corrected chi connectivity index (χ3v) is 4.31. The number of carbonyl (C=O) groups excluding carboxylic acids is 1. The molecule has 7 nitrogen and oxygen atoms in total. The van der Waals surface area contributed by atoms with E-state index in [4.69, 9.17) is 16.3 Å². The van der Waals surface area contributed by atoms with Gasteiger partial charge < -0.3 is 20.3 Å². The highest BCUT2D eigenvalue weighted by Gasteiger charge is 2.31. The SMILES string of the molecule is O=C(NC(CO)C1NN=C(c2ccc(O)c(F)c2)O1)C1=CC=C(Cl)CC1. The average Bonchev–Trinajstić information content (AvgIpc) is 3.12. The predicted octanol–water partition coefficient (Wildman–Crippen LogP) is 1.46. The summed E-state index contributed by atoms with van der Waals surface area (Å²) in [5.41, 5.74) is 3.52. The molecule has 0 fully saturated rings. The van der Waals surface area contributed by atoms with Crippen molar-refractivity contribution in [1.29, 1.82) is 0 Å². The maximum absolute atomic E-state index is 13.5. The largest absolute Gasteiger partial charge is 0.505 e. The zero-order valence-corrected chi connectivity index (χ0v) is 14.3. The number of ether oxygens (including phenoxy) is 1. The van der Waals surface area contributed by atoms with Crippen LogP contribution >= 0.6 is 11.6 Å². The van der Waals surface area contributed by atoms with Gasteiger partial charge in [0.05, 0.1) is 6.61 Å². The van der Waals surface area contributed by atoms with Crippen LogP contribution in [0, 0.1) is 5.82 Å². The quantitative estimate of drug-likeness (QED) is 0.618. The first-order valence-corrected chi connectivity index (χ1v) is 8.31. The van der Waals surface area contributed by atoms with E-state index < -0.39 is 23.8 Å².